The van der Waals surface area contributed by atoms with Gasteiger partial charge in [-0.3, -0.25) is 4.79 Å². The summed E-state index contributed by atoms with van der Waals surface area (Å²) in [6.07, 6.45) is 9.88. The van der Waals surface area contributed by atoms with E-state index in [2.05, 4.69) is 19.1 Å². The summed E-state index contributed by atoms with van der Waals surface area (Å²) in [5.41, 5.74) is 3.53. The molecule has 0 saturated heterocycles. The van der Waals surface area contributed by atoms with Crippen LogP contribution in [-0.4, -0.2) is 5.78 Å². The molecule has 0 amide bonds. The summed E-state index contributed by atoms with van der Waals surface area (Å²) in [5, 5.41) is 0. The number of carbonyl (C=O) groups excluding carboxylic acids is 1. The van der Waals surface area contributed by atoms with E-state index in [1.807, 2.05) is 19.9 Å². The molecular weight excluding hydrogens is 184 g/mol. The second kappa shape index (κ2) is 5.69. The highest BCUT2D eigenvalue weighted by Crippen LogP contribution is 2.17. The van der Waals surface area contributed by atoms with Crippen LogP contribution in [0, 0.1) is 0 Å². The van der Waals surface area contributed by atoms with Crippen molar-refractivity contribution in [2.75, 3.05) is 0 Å². The van der Waals surface area contributed by atoms with Crippen LogP contribution in [0.1, 0.15) is 46.5 Å². The number of rotatable bonds is 0. The normalized spacial score (nSPS) is 22.3. The molecule has 0 aromatic heterocycles. The smallest absolute Gasteiger partial charge is 0.162 e. The van der Waals surface area contributed by atoms with Crippen molar-refractivity contribution in [1.29, 1.82) is 0 Å². The fourth-order valence-corrected chi connectivity index (χ4v) is 1.76. The van der Waals surface area contributed by atoms with Crippen LogP contribution in [0.15, 0.2) is 34.9 Å². The maximum atomic E-state index is 11.8. The molecule has 0 aliphatic heterocycles. The molecule has 1 heteroatoms. The number of carbonyl (C=O) groups is 1. The number of hydrogen-bond acceptors (Lipinski definition) is 1. The third-order valence-electron chi connectivity index (χ3n) is 2.85. The first kappa shape index (κ1) is 12.0. The van der Waals surface area contributed by atoms with Crippen LogP contribution in [0.2, 0.25) is 0 Å². The highest BCUT2D eigenvalue weighted by atomic mass is 16.1. The number of Topliss-reactive ketones (excluding diaryl/α,β-unsaturated/α-hetero) is 1. The molecule has 1 aliphatic rings. The molecule has 0 spiro atoms. The van der Waals surface area contributed by atoms with Gasteiger partial charge in [0.25, 0.3) is 0 Å². The van der Waals surface area contributed by atoms with E-state index in [9.17, 15) is 4.79 Å². The van der Waals surface area contributed by atoms with E-state index in [1.54, 1.807) is 0 Å². The summed E-state index contributed by atoms with van der Waals surface area (Å²) in [4.78, 5) is 11.8. The molecule has 1 rings (SSSR count). The van der Waals surface area contributed by atoms with Gasteiger partial charge in [0.15, 0.2) is 5.78 Å². The van der Waals surface area contributed by atoms with Crippen molar-refractivity contribution in [2.45, 2.75) is 46.5 Å². The molecule has 0 fully saturated rings. The van der Waals surface area contributed by atoms with Gasteiger partial charge >= 0.3 is 0 Å². The Morgan fingerprint density at radius 1 is 1.20 bits per heavy atom. The lowest BCUT2D eigenvalue weighted by Crippen LogP contribution is -2.03. The third-order valence-corrected chi connectivity index (χ3v) is 2.85. The Morgan fingerprint density at radius 2 is 1.93 bits per heavy atom. The SMILES string of the molecule is CC=C1CC=C(C)CCC=C(C)CC1=O. The summed E-state index contributed by atoms with van der Waals surface area (Å²) in [5.74, 6) is 0.275. The summed E-state index contributed by atoms with van der Waals surface area (Å²) >= 11 is 0. The predicted molar refractivity (Wildman–Crippen MR) is 64.7 cm³/mol. The lowest BCUT2D eigenvalue weighted by molar-refractivity contribution is -0.115. The van der Waals surface area contributed by atoms with Crippen LogP contribution in [0.4, 0.5) is 0 Å². The molecule has 0 N–H and O–H groups in total. The minimum absolute atomic E-state index is 0.275. The highest BCUT2D eigenvalue weighted by molar-refractivity contribution is 5.96. The Bertz CT molecular complexity index is 329. The molecule has 0 unspecified atom stereocenters. The zero-order chi connectivity index (χ0) is 11.3. The second-order valence-corrected chi connectivity index (χ2v) is 4.26. The van der Waals surface area contributed by atoms with Crippen molar-refractivity contribution >= 4 is 5.78 Å². The Balaban J connectivity index is 2.88. The van der Waals surface area contributed by atoms with Crippen LogP contribution in [-0.2, 0) is 4.79 Å². The molecule has 0 atom stereocenters. The number of ketones is 1. The first-order chi connectivity index (χ1) is 7.13. The Hall–Kier alpha value is -1.11. The van der Waals surface area contributed by atoms with Gasteiger partial charge in [0.05, 0.1) is 0 Å². The molecule has 0 aromatic carbocycles. The Morgan fingerprint density at radius 3 is 2.60 bits per heavy atom. The van der Waals surface area contributed by atoms with Crippen molar-refractivity contribution < 1.29 is 4.79 Å². The van der Waals surface area contributed by atoms with E-state index in [0.717, 1.165) is 24.8 Å². The summed E-state index contributed by atoms with van der Waals surface area (Å²) in [7, 11) is 0. The maximum absolute atomic E-state index is 11.8. The van der Waals surface area contributed by atoms with E-state index >= 15 is 0 Å². The standard InChI is InChI=1S/C14H20O/c1-4-13-9-8-11(2)6-5-7-12(3)10-14(13)15/h4,7-8H,5-6,9-10H2,1-3H3. The van der Waals surface area contributed by atoms with Crippen molar-refractivity contribution in [3.05, 3.63) is 34.9 Å². The quantitative estimate of drug-likeness (QED) is 0.431. The van der Waals surface area contributed by atoms with Gasteiger partial charge in [-0.1, -0.05) is 29.4 Å². The van der Waals surface area contributed by atoms with E-state index < -0.39 is 0 Å². The van der Waals surface area contributed by atoms with Crippen molar-refractivity contribution in [3.8, 4) is 0 Å². The van der Waals surface area contributed by atoms with Gasteiger partial charge < -0.3 is 0 Å². The first-order valence-corrected chi connectivity index (χ1v) is 5.63. The molecule has 0 radical (unpaired) electrons. The summed E-state index contributed by atoms with van der Waals surface area (Å²) in [6.45, 7) is 6.13. The van der Waals surface area contributed by atoms with Crippen molar-refractivity contribution in [3.63, 3.8) is 0 Å². The monoisotopic (exact) mass is 204 g/mol. The Labute approximate surface area is 92.6 Å². The van der Waals surface area contributed by atoms with Crippen molar-refractivity contribution in [2.24, 2.45) is 0 Å². The lowest BCUT2D eigenvalue weighted by Gasteiger charge is -2.08. The second-order valence-electron chi connectivity index (χ2n) is 4.26. The molecule has 0 aromatic rings. The average molecular weight is 204 g/mol. The molecule has 1 nitrogen and oxygen atoms in total. The molecular formula is C14H20O. The van der Waals surface area contributed by atoms with E-state index in [-0.39, 0.29) is 5.78 Å². The van der Waals surface area contributed by atoms with Gasteiger partial charge in [-0.2, -0.15) is 0 Å². The van der Waals surface area contributed by atoms with Crippen molar-refractivity contribution in [1.82, 2.24) is 0 Å². The van der Waals surface area contributed by atoms with E-state index in [4.69, 9.17) is 0 Å². The first-order valence-electron chi connectivity index (χ1n) is 5.63. The lowest BCUT2D eigenvalue weighted by atomic mass is 9.97. The molecule has 0 bridgehead atoms. The molecule has 1 aliphatic carbocycles. The van der Waals surface area contributed by atoms with Crippen LogP contribution < -0.4 is 0 Å². The predicted octanol–water partition coefficient (Wildman–Crippen LogP) is 3.97. The van der Waals surface area contributed by atoms with Gasteiger partial charge in [0, 0.05) is 6.42 Å². The van der Waals surface area contributed by atoms with Crippen LogP contribution in [0.5, 0.6) is 0 Å². The van der Waals surface area contributed by atoms with Gasteiger partial charge in [-0.05, 0) is 45.6 Å². The molecule has 0 saturated carbocycles. The topological polar surface area (TPSA) is 17.1 Å². The summed E-state index contributed by atoms with van der Waals surface area (Å²) < 4.78 is 0. The van der Waals surface area contributed by atoms with Crippen LogP contribution in [0.3, 0.4) is 0 Å². The Kier molecular flexibility index (Phi) is 4.54. The zero-order valence-corrected chi connectivity index (χ0v) is 9.97. The maximum Gasteiger partial charge on any atom is 0.162 e. The molecule has 15 heavy (non-hydrogen) atoms. The molecule has 82 valence electrons. The fourth-order valence-electron chi connectivity index (χ4n) is 1.76. The van der Waals surface area contributed by atoms with Crippen LogP contribution in [0.25, 0.3) is 0 Å². The van der Waals surface area contributed by atoms with E-state index in [0.29, 0.717) is 6.42 Å². The van der Waals surface area contributed by atoms with Gasteiger partial charge in [-0.15, -0.1) is 0 Å². The minimum Gasteiger partial charge on any atom is -0.294 e. The van der Waals surface area contributed by atoms with Crippen LogP contribution >= 0.6 is 0 Å². The van der Waals surface area contributed by atoms with Gasteiger partial charge in [-0.25, -0.2) is 0 Å². The van der Waals surface area contributed by atoms with Gasteiger partial charge in [0.1, 0.15) is 0 Å². The zero-order valence-electron chi connectivity index (χ0n) is 9.97. The fraction of sp³-hybridized carbons (Fsp3) is 0.500. The highest BCUT2D eigenvalue weighted by Gasteiger charge is 2.09. The number of hydrogen-bond donors (Lipinski definition) is 0. The van der Waals surface area contributed by atoms with E-state index in [1.165, 1.54) is 11.1 Å². The average Bonchev–Trinajstić information content (AvgIpc) is 2.17. The minimum atomic E-state index is 0.275. The van der Waals surface area contributed by atoms with Gasteiger partial charge in [0.2, 0.25) is 0 Å². The molecule has 0 heterocycles. The number of allylic oxidation sites excluding steroid dienone is 6. The largest absolute Gasteiger partial charge is 0.294 e. The third kappa shape index (κ3) is 3.86. The summed E-state index contributed by atoms with van der Waals surface area (Å²) in [6, 6.07) is 0.